The second-order valence-corrected chi connectivity index (χ2v) is 7.18. The van der Waals surface area contributed by atoms with Crippen LogP contribution >= 0.6 is 11.3 Å². The molecular weight excluding hydrogens is 308 g/mol. The van der Waals surface area contributed by atoms with Crippen LogP contribution in [0.15, 0.2) is 30.5 Å². The topological polar surface area (TPSA) is 43.2 Å². The molecule has 0 N–H and O–H groups in total. The molecule has 0 radical (unpaired) electrons. The highest BCUT2D eigenvalue weighted by atomic mass is 32.1. The zero-order chi connectivity index (χ0) is 15.8. The summed E-state index contributed by atoms with van der Waals surface area (Å²) >= 11 is 1.66. The summed E-state index contributed by atoms with van der Waals surface area (Å²) in [6.07, 6.45) is 4.38. The molecule has 3 aromatic rings. The molecule has 1 aliphatic heterocycles. The normalized spacial score (nSPS) is 16.2. The highest BCUT2D eigenvalue weighted by Gasteiger charge is 2.23. The van der Waals surface area contributed by atoms with E-state index in [-0.39, 0.29) is 6.10 Å². The van der Waals surface area contributed by atoms with Crippen LogP contribution in [0.3, 0.4) is 0 Å². The molecule has 0 bridgehead atoms. The van der Waals surface area contributed by atoms with Crippen molar-refractivity contribution in [3.05, 3.63) is 35.5 Å². The van der Waals surface area contributed by atoms with Gasteiger partial charge in [-0.15, -0.1) is 10.2 Å². The predicted octanol–water partition coefficient (Wildman–Crippen LogP) is 3.39. The van der Waals surface area contributed by atoms with Crippen LogP contribution in [0.2, 0.25) is 0 Å². The fourth-order valence-corrected chi connectivity index (χ4v) is 3.87. The molecule has 3 heterocycles. The molecule has 0 amide bonds. The molecule has 0 atom stereocenters. The fourth-order valence-electron chi connectivity index (χ4n) is 3.14. The third-order valence-electron chi connectivity index (χ3n) is 4.41. The third kappa shape index (κ3) is 2.79. The van der Waals surface area contributed by atoms with Crippen LogP contribution < -0.4 is 9.64 Å². The van der Waals surface area contributed by atoms with Crippen molar-refractivity contribution in [3.8, 4) is 5.75 Å². The lowest BCUT2D eigenvalue weighted by Gasteiger charge is -2.31. The number of aryl methyl sites for hydroxylation is 2. The van der Waals surface area contributed by atoms with Crippen LogP contribution in [0.4, 0.5) is 5.13 Å². The number of piperidine rings is 1. The number of aromatic nitrogens is 3. The Morgan fingerprint density at radius 3 is 2.74 bits per heavy atom. The minimum atomic E-state index is 0.270. The van der Waals surface area contributed by atoms with Gasteiger partial charge in [0.15, 0.2) is 0 Å². The maximum absolute atomic E-state index is 6.30. The molecule has 4 rings (SSSR count). The standard InChI is InChI=1S/C17H20N4OS/c1-12-18-19-17(23-12)21-10-6-13(7-11-21)22-16-5-3-4-15-14(16)8-9-20(15)2/h3-5,8-9,13H,6-7,10-11H2,1-2H3. The maximum atomic E-state index is 6.30. The van der Waals surface area contributed by atoms with Crippen molar-refractivity contribution in [1.29, 1.82) is 0 Å². The van der Waals surface area contributed by atoms with Gasteiger partial charge in [-0.3, -0.25) is 0 Å². The van der Waals surface area contributed by atoms with E-state index in [4.69, 9.17) is 4.74 Å². The van der Waals surface area contributed by atoms with E-state index in [1.54, 1.807) is 11.3 Å². The average molecular weight is 328 g/mol. The van der Waals surface area contributed by atoms with Crippen molar-refractivity contribution in [2.45, 2.75) is 25.9 Å². The molecule has 6 heteroatoms. The molecule has 1 saturated heterocycles. The zero-order valence-electron chi connectivity index (χ0n) is 13.4. The summed E-state index contributed by atoms with van der Waals surface area (Å²) in [7, 11) is 2.06. The van der Waals surface area contributed by atoms with Gasteiger partial charge in [-0.05, 0) is 25.1 Å². The number of benzene rings is 1. The van der Waals surface area contributed by atoms with E-state index in [9.17, 15) is 0 Å². The minimum absolute atomic E-state index is 0.270. The molecule has 0 unspecified atom stereocenters. The molecule has 0 spiro atoms. The second kappa shape index (κ2) is 5.85. The quantitative estimate of drug-likeness (QED) is 0.739. The average Bonchev–Trinajstić information content (AvgIpc) is 3.16. The van der Waals surface area contributed by atoms with Gasteiger partial charge in [-0.2, -0.15) is 0 Å². The van der Waals surface area contributed by atoms with Crippen molar-refractivity contribution in [2.75, 3.05) is 18.0 Å². The SMILES string of the molecule is Cc1nnc(N2CCC(Oc3cccc4c3ccn4C)CC2)s1. The Morgan fingerprint density at radius 2 is 2.00 bits per heavy atom. The van der Waals surface area contributed by atoms with E-state index in [1.807, 2.05) is 6.92 Å². The first-order valence-corrected chi connectivity index (χ1v) is 8.78. The molecule has 120 valence electrons. The summed E-state index contributed by atoms with van der Waals surface area (Å²) in [5, 5.41) is 11.6. The number of anilines is 1. The molecule has 5 nitrogen and oxygen atoms in total. The second-order valence-electron chi connectivity index (χ2n) is 6.02. The molecule has 23 heavy (non-hydrogen) atoms. The van der Waals surface area contributed by atoms with Crippen LogP contribution in [0.1, 0.15) is 17.8 Å². The van der Waals surface area contributed by atoms with Gasteiger partial charge < -0.3 is 14.2 Å². The fraction of sp³-hybridized carbons (Fsp3) is 0.412. The number of nitrogens with zero attached hydrogens (tertiary/aromatic N) is 4. The van der Waals surface area contributed by atoms with Crippen LogP contribution in [0.5, 0.6) is 5.75 Å². The van der Waals surface area contributed by atoms with Crippen molar-refractivity contribution < 1.29 is 4.74 Å². The molecule has 1 fully saturated rings. The summed E-state index contributed by atoms with van der Waals surface area (Å²) in [5.41, 5.74) is 1.21. The molecule has 1 aliphatic rings. The highest BCUT2D eigenvalue weighted by Crippen LogP contribution is 2.30. The molecular formula is C17H20N4OS. The Balaban J connectivity index is 1.44. The lowest BCUT2D eigenvalue weighted by Crippen LogP contribution is -2.38. The number of hydrogen-bond acceptors (Lipinski definition) is 5. The Morgan fingerprint density at radius 1 is 1.17 bits per heavy atom. The van der Waals surface area contributed by atoms with Crippen LogP contribution in [-0.2, 0) is 7.05 Å². The summed E-state index contributed by atoms with van der Waals surface area (Å²) in [4.78, 5) is 2.31. The van der Waals surface area contributed by atoms with Gasteiger partial charge in [-0.25, -0.2) is 0 Å². The smallest absolute Gasteiger partial charge is 0.208 e. The Kier molecular flexibility index (Phi) is 3.69. The van der Waals surface area contributed by atoms with Crippen LogP contribution in [0, 0.1) is 6.92 Å². The van der Waals surface area contributed by atoms with Gasteiger partial charge in [0, 0.05) is 44.6 Å². The van der Waals surface area contributed by atoms with Crippen LogP contribution in [0.25, 0.3) is 10.9 Å². The minimum Gasteiger partial charge on any atom is -0.490 e. The van der Waals surface area contributed by atoms with Crippen molar-refractivity contribution in [1.82, 2.24) is 14.8 Å². The largest absolute Gasteiger partial charge is 0.490 e. The zero-order valence-corrected chi connectivity index (χ0v) is 14.2. The van der Waals surface area contributed by atoms with E-state index in [0.29, 0.717) is 0 Å². The number of fused-ring (bicyclic) bond motifs is 1. The molecule has 0 aliphatic carbocycles. The third-order valence-corrected chi connectivity index (χ3v) is 5.31. The van der Waals surface area contributed by atoms with E-state index in [2.05, 4.69) is 57.2 Å². The van der Waals surface area contributed by atoms with E-state index in [0.717, 1.165) is 41.8 Å². The van der Waals surface area contributed by atoms with Crippen molar-refractivity contribution in [3.63, 3.8) is 0 Å². The van der Waals surface area contributed by atoms with Gasteiger partial charge in [0.2, 0.25) is 5.13 Å². The van der Waals surface area contributed by atoms with Gasteiger partial charge in [0.1, 0.15) is 16.9 Å². The highest BCUT2D eigenvalue weighted by molar-refractivity contribution is 7.15. The summed E-state index contributed by atoms with van der Waals surface area (Å²) in [6, 6.07) is 8.39. The first-order valence-electron chi connectivity index (χ1n) is 7.96. The van der Waals surface area contributed by atoms with Gasteiger partial charge in [0.05, 0.1) is 5.52 Å². The van der Waals surface area contributed by atoms with Gasteiger partial charge in [0.25, 0.3) is 0 Å². The first kappa shape index (κ1) is 14.5. The number of hydrogen-bond donors (Lipinski definition) is 0. The van der Waals surface area contributed by atoms with Crippen molar-refractivity contribution >= 4 is 27.4 Å². The van der Waals surface area contributed by atoms with Gasteiger partial charge in [-0.1, -0.05) is 17.4 Å². The number of rotatable bonds is 3. The van der Waals surface area contributed by atoms with Crippen molar-refractivity contribution in [2.24, 2.45) is 7.05 Å². The Bertz CT molecular complexity index is 817. The molecule has 2 aromatic heterocycles. The van der Waals surface area contributed by atoms with E-state index < -0.39 is 0 Å². The first-order chi connectivity index (χ1) is 11.2. The van der Waals surface area contributed by atoms with E-state index >= 15 is 0 Å². The summed E-state index contributed by atoms with van der Waals surface area (Å²) in [5.74, 6) is 0.994. The summed E-state index contributed by atoms with van der Waals surface area (Å²) < 4.78 is 8.43. The Hall–Kier alpha value is -2.08. The van der Waals surface area contributed by atoms with Crippen LogP contribution in [-0.4, -0.2) is 34.0 Å². The predicted molar refractivity (Wildman–Crippen MR) is 93.4 cm³/mol. The molecule has 1 aromatic carbocycles. The monoisotopic (exact) mass is 328 g/mol. The van der Waals surface area contributed by atoms with E-state index in [1.165, 1.54) is 10.9 Å². The lowest BCUT2D eigenvalue weighted by molar-refractivity contribution is 0.173. The lowest BCUT2D eigenvalue weighted by atomic mass is 10.1. The maximum Gasteiger partial charge on any atom is 0.208 e. The summed E-state index contributed by atoms with van der Waals surface area (Å²) in [6.45, 7) is 3.95. The number of ether oxygens (including phenoxy) is 1. The Labute approximate surface area is 139 Å². The van der Waals surface area contributed by atoms with Gasteiger partial charge >= 0.3 is 0 Å². The molecule has 0 saturated carbocycles.